The summed E-state index contributed by atoms with van der Waals surface area (Å²) in [6.45, 7) is 7.46. The minimum absolute atomic E-state index is 0.485. The fraction of sp³-hybridized carbons (Fsp3) is 0.478. The normalized spacial score (nSPS) is 23.6. The van der Waals surface area contributed by atoms with Crippen LogP contribution in [0.2, 0.25) is 0 Å². The molecule has 4 heterocycles. The molecule has 2 atom stereocenters. The van der Waals surface area contributed by atoms with Gasteiger partial charge in [0.15, 0.2) is 0 Å². The number of likely N-dealkylation sites (tertiary alicyclic amines) is 1. The zero-order valence-electron chi connectivity index (χ0n) is 17.9. The van der Waals surface area contributed by atoms with Crippen molar-refractivity contribution in [3.63, 3.8) is 0 Å². The molecule has 1 saturated heterocycles. The van der Waals surface area contributed by atoms with E-state index in [1.165, 1.54) is 37.2 Å². The van der Waals surface area contributed by atoms with Crippen molar-refractivity contribution in [2.24, 2.45) is 18.9 Å². The van der Waals surface area contributed by atoms with E-state index in [9.17, 15) is 0 Å². The van der Waals surface area contributed by atoms with Crippen LogP contribution in [0.4, 0.5) is 5.82 Å². The van der Waals surface area contributed by atoms with Crippen LogP contribution in [0, 0.1) is 25.7 Å². The van der Waals surface area contributed by atoms with E-state index in [4.69, 9.17) is 0 Å². The minimum atomic E-state index is 0.485. The number of nitrogens with zero attached hydrogens (tertiary/aromatic N) is 6. The molecule has 0 amide bonds. The van der Waals surface area contributed by atoms with Crippen molar-refractivity contribution in [3.8, 4) is 11.3 Å². The molecule has 1 aliphatic carbocycles. The zero-order chi connectivity index (χ0) is 20.7. The van der Waals surface area contributed by atoms with Crippen LogP contribution in [0.1, 0.15) is 29.8 Å². The first-order chi connectivity index (χ1) is 14.5. The molecular weight excluding hydrogens is 374 g/mol. The highest BCUT2D eigenvalue weighted by atomic mass is 15.3. The molecule has 2 aliphatic rings. The number of hydrogen-bond acceptors (Lipinski definition) is 6. The average Bonchev–Trinajstić information content (AvgIpc) is 3.37. The van der Waals surface area contributed by atoms with Gasteiger partial charge in [0, 0.05) is 50.7 Å². The summed E-state index contributed by atoms with van der Waals surface area (Å²) in [6.07, 6.45) is 6.30. The number of nitrogens with one attached hydrogen (secondary N) is 1. The molecule has 1 aliphatic heterocycles. The van der Waals surface area contributed by atoms with E-state index in [0.29, 0.717) is 6.04 Å². The summed E-state index contributed by atoms with van der Waals surface area (Å²) in [5.41, 5.74) is 5.38. The van der Waals surface area contributed by atoms with Gasteiger partial charge in [0.05, 0.1) is 17.1 Å². The van der Waals surface area contributed by atoms with Crippen LogP contribution in [0.5, 0.6) is 0 Å². The minimum Gasteiger partial charge on any atom is -0.366 e. The van der Waals surface area contributed by atoms with Crippen LogP contribution in [0.15, 0.2) is 36.7 Å². The second-order valence-corrected chi connectivity index (χ2v) is 8.90. The molecule has 2 unspecified atom stereocenters. The Morgan fingerprint density at radius 3 is 2.50 bits per heavy atom. The Morgan fingerprint density at radius 2 is 1.87 bits per heavy atom. The molecule has 3 aromatic heterocycles. The van der Waals surface area contributed by atoms with E-state index in [1.807, 2.05) is 49.2 Å². The number of hydrogen-bond donors (Lipinski definition) is 1. The first kappa shape index (κ1) is 19.2. The molecule has 0 aromatic carbocycles. The number of fused-ring (bicyclic) bond motifs is 1. The van der Waals surface area contributed by atoms with Crippen LogP contribution in [-0.2, 0) is 13.6 Å². The molecule has 30 heavy (non-hydrogen) atoms. The van der Waals surface area contributed by atoms with Crippen molar-refractivity contribution < 1.29 is 0 Å². The van der Waals surface area contributed by atoms with Crippen LogP contribution in [-0.4, -0.2) is 49.0 Å². The summed E-state index contributed by atoms with van der Waals surface area (Å²) < 4.78 is 1.81. The fourth-order valence-electron chi connectivity index (χ4n) is 5.15. The molecule has 2 fully saturated rings. The highest BCUT2D eigenvalue weighted by molar-refractivity contribution is 5.61. The van der Waals surface area contributed by atoms with Gasteiger partial charge >= 0.3 is 0 Å². The van der Waals surface area contributed by atoms with E-state index in [2.05, 4.69) is 43.5 Å². The number of aryl methyl sites for hydroxylation is 3. The third-order valence-corrected chi connectivity index (χ3v) is 6.62. The Kier molecular flexibility index (Phi) is 4.98. The Morgan fingerprint density at radius 1 is 1.07 bits per heavy atom. The Labute approximate surface area is 177 Å². The van der Waals surface area contributed by atoms with Gasteiger partial charge in [-0.3, -0.25) is 14.6 Å². The molecule has 0 bridgehead atoms. The van der Waals surface area contributed by atoms with Crippen molar-refractivity contribution in [2.45, 2.75) is 39.3 Å². The SMILES string of the molecule is Cc1cccnc1CN1CC2CC(Nc3ccc(-c4cn(C)nc4C)nn3)CC2C1. The van der Waals surface area contributed by atoms with Gasteiger partial charge in [-0.2, -0.15) is 5.10 Å². The number of rotatable bonds is 5. The Bertz CT molecular complexity index is 1010. The van der Waals surface area contributed by atoms with Crippen molar-refractivity contribution in [3.05, 3.63) is 53.6 Å². The fourth-order valence-corrected chi connectivity index (χ4v) is 5.15. The summed E-state index contributed by atoms with van der Waals surface area (Å²) >= 11 is 0. The maximum atomic E-state index is 4.57. The van der Waals surface area contributed by atoms with E-state index in [1.54, 1.807) is 0 Å². The standard InChI is InChI=1S/C23H29N7/c1-15-5-4-8-24-22(15)14-30-11-17-9-19(10-18(17)12-30)25-23-7-6-21(26-27-23)20-13-29(3)28-16(20)2/h4-8,13,17-19H,9-12,14H2,1-3H3,(H,25,27). The smallest absolute Gasteiger partial charge is 0.148 e. The van der Waals surface area contributed by atoms with E-state index in [0.717, 1.165) is 41.1 Å². The van der Waals surface area contributed by atoms with Crippen LogP contribution < -0.4 is 5.32 Å². The van der Waals surface area contributed by atoms with Crippen molar-refractivity contribution in [1.82, 2.24) is 29.9 Å². The van der Waals surface area contributed by atoms with Crippen molar-refractivity contribution in [2.75, 3.05) is 18.4 Å². The number of aromatic nitrogens is 5. The lowest BCUT2D eigenvalue weighted by atomic mass is 10.0. The number of pyridine rings is 1. The van der Waals surface area contributed by atoms with Gasteiger partial charge in [-0.15, -0.1) is 10.2 Å². The quantitative estimate of drug-likeness (QED) is 0.705. The van der Waals surface area contributed by atoms with Gasteiger partial charge < -0.3 is 5.32 Å². The topological polar surface area (TPSA) is 71.8 Å². The summed E-state index contributed by atoms with van der Waals surface area (Å²) in [6, 6.07) is 8.73. The molecule has 156 valence electrons. The lowest BCUT2D eigenvalue weighted by Gasteiger charge is -2.20. The second-order valence-electron chi connectivity index (χ2n) is 8.90. The van der Waals surface area contributed by atoms with Crippen LogP contribution in [0.3, 0.4) is 0 Å². The second kappa shape index (κ2) is 7.80. The van der Waals surface area contributed by atoms with Crippen LogP contribution >= 0.6 is 0 Å². The van der Waals surface area contributed by atoms with E-state index in [-0.39, 0.29) is 0 Å². The Balaban J connectivity index is 1.16. The number of anilines is 1. The van der Waals surface area contributed by atoms with Gasteiger partial charge in [0.25, 0.3) is 0 Å². The first-order valence-corrected chi connectivity index (χ1v) is 10.8. The Hall–Kier alpha value is -2.80. The summed E-state index contributed by atoms with van der Waals surface area (Å²) in [5.74, 6) is 2.39. The molecular formula is C23H29N7. The van der Waals surface area contributed by atoms with Crippen LogP contribution in [0.25, 0.3) is 11.3 Å². The third-order valence-electron chi connectivity index (χ3n) is 6.62. The largest absolute Gasteiger partial charge is 0.366 e. The van der Waals surface area contributed by atoms with Gasteiger partial charge in [-0.1, -0.05) is 6.07 Å². The lowest BCUT2D eigenvalue weighted by molar-refractivity contribution is 0.297. The summed E-state index contributed by atoms with van der Waals surface area (Å²) in [7, 11) is 1.93. The van der Waals surface area contributed by atoms with Gasteiger partial charge in [0.2, 0.25) is 0 Å². The maximum absolute atomic E-state index is 4.57. The van der Waals surface area contributed by atoms with Gasteiger partial charge in [-0.25, -0.2) is 0 Å². The summed E-state index contributed by atoms with van der Waals surface area (Å²) in [4.78, 5) is 7.14. The van der Waals surface area contributed by atoms with E-state index >= 15 is 0 Å². The zero-order valence-corrected chi connectivity index (χ0v) is 17.9. The molecule has 7 heteroatoms. The lowest BCUT2D eigenvalue weighted by Crippen LogP contribution is -2.25. The van der Waals surface area contributed by atoms with Gasteiger partial charge in [0.1, 0.15) is 5.82 Å². The predicted molar refractivity (Wildman–Crippen MR) is 117 cm³/mol. The predicted octanol–water partition coefficient (Wildman–Crippen LogP) is 3.21. The van der Waals surface area contributed by atoms with Crippen molar-refractivity contribution >= 4 is 5.82 Å². The van der Waals surface area contributed by atoms with E-state index < -0.39 is 0 Å². The molecule has 1 N–H and O–H groups in total. The average molecular weight is 404 g/mol. The maximum Gasteiger partial charge on any atom is 0.148 e. The molecule has 3 aromatic rings. The highest BCUT2D eigenvalue weighted by Crippen LogP contribution is 2.39. The van der Waals surface area contributed by atoms with Crippen molar-refractivity contribution in [1.29, 1.82) is 0 Å². The first-order valence-electron chi connectivity index (χ1n) is 10.8. The highest BCUT2D eigenvalue weighted by Gasteiger charge is 2.41. The monoisotopic (exact) mass is 403 g/mol. The molecule has 0 spiro atoms. The molecule has 0 radical (unpaired) electrons. The molecule has 5 rings (SSSR count). The molecule has 1 saturated carbocycles. The third kappa shape index (κ3) is 3.81. The molecule has 7 nitrogen and oxygen atoms in total. The summed E-state index contributed by atoms with van der Waals surface area (Å²) in [5, 5.41) is 16.9. The van der Waals surface area contributed by atoms with Gasteiger partial charge in [-0.05, 0) is 62.3 Å².